The van der Waals surface area contributed by atoms with Gasteiger partial charge in [0.1, 0.15) is 5.82 Å². The number of hydrogen-bond acceptors (Lipinski definition) is 4. The minimum atomic E-state index is -0.544. The number of aromatic nitrogens is 2. The first kappa shape index (κ1) is 18.4. The third-order valence-corrected chi connectivity index (χ3v) is 4.68. The molecule has 3 aromatic rings. The number of halogens is 2. The molecule has 0 saturated carbocycles. The monoisotopic (exact) mass is 390 g/mol. The second-order valence-corrected chi connectivity index (χ2v) is 6.79. The summed E-state index contributed by atoms with van der Waals surface area (Å²) in [5.74, 6) is -0.842. The van der Waals surface area contributed by atoms with Crippen LogP contribution < -0.4 is 10.5 Å². The largest absolute Gasteiger partial charge is 0.326 e. The van der Waals surface area contributed by atoms with E-state index in [1.807, 2.05) is 25.4 Å². The van der Waals surface area contributed by atoms with Gasteiger partial charge in [-0.05, 0) is 47.3 Å². The van der Waals surface area contributed by atoms with E-state index in [0.717, 1.165) is 28.0 Å². The zero-order valence-corrected chi connectivity index (χ0v) is 15.4. The maximum atomic E-state index is 13.5. The Balaban J connectivity index is 1.82. The number of nitrogens with two attached hydrogens (primary N) is 1. The van der Waals surface area contributed by atoms with Crippen LogP contribution in [0.1, 0.15) is 5.56 Å². The molecule has 8 heteroatoms. The first-order valence-corrected chi connectivity index (χ1v) is 8.95. The number of amides is 1. The lowest BCUT2D eigenvalue weighted by molar-refractivity contribution is -0.115. The molecular formula is C18H16ClFN4OS. The number of carbonyl (C=O) groups excluding carboxylic acids is 1. The van der Waals surface area contributed by atoms with Crippen LogP contribution in [0.25, 0.3) is 11.1 Å². The normalized spacial score (nSPS) is 10.8. The van der Waals surface area contributed by atoms with Gasteiger partial charge in [0.15, 0.2) is 0 Å². The van der Waals surface area contributed by atoms with Crippen LogP contribution >= 0.6 is 23.5 Å². The summed E-state index contributed by atoms with van der Waals surface area (Å²) in [6.07, 6.45) is 3.58. The van der Waals surface area contributed by atoms with E-state index >= 15 is 0 Å². The standard InChI is InChI=1S/C18H16ClFN4OS/c1-24-10-13(9-22-24)12-5-14(8-15(6-12)26-21)23-17(25)7-11-3-2-4-16(20)18(11)19/h2-6,8-10H,7,21H2,1H3,(H,23,25). The third-order valence-electron chi connectivity index (χ3n) is 3.75. The Hall–Kier alpha value is -2.35. The minimum absolute atomic E-state index is 0.0290. The molecule has 0 unspecified atom stereocenters. The summed E-state index contributed by atoms with van der Waals surface area (Å²) in [6.45, 7) is 0. The molecule has 26 heavy (non-hydrogen) atoms. The molecule has 0 atom stereocenters. The van der Waals surface area contributed by atoms with Gasteiger partial charge in [0.25, 0.3) is 0 Å². The molecule has 5 nitrogen and oxygen atoms in total. The molecule has 3 rings (SSSR count). The highest BCUT2D eigenvalue weighted by molar-refractivity contribution is 7.97. The molecule has 1 heterocycles. The van der Waals surface area contributed by atoms with E-state index in [4.69, 9.17) is 16.7 Å². The Kier molecular flexibility index (Phi) is 5.61. The van der Waals surface area contributed by atoms with Gasteiger partial charge in [-0.2, -0.15) is 5.10 Å². The first-order valence-electron chi connectivity index (χ1n) is 7.70. The number of anilines is 1. The predicted molar refractivity (Wildman–Crippen MR) is 102 cm³/mol. The zero-order chi connectivity index (χ0) is 18.7. The van der Waals surface area contributed by atoms with Crippen LogP contribution in [-0.4, -0.2) is 15.7 Å². The van der Waals surface area contributed by atoms with Crippen LogP contribution in [0.5, 0.6) is 0 Å². The SMILES string of the molecule is Cn1cc(-c2cc(NC(=O)Cc3cccc(F)c3Cl)cc(SN)c2)cn1. The van der Waals surface area contributed by atoms with Crippen LogP contribution in [-0.2, 0) is 18.3 Å². The number of nitrogens with one attached hydrogen (secondary N) is 1. The maximum Gasteiger partial charge on any atom is 0.228 e. The van der Waals surface area contributed by atoms with Gasteiger partial charge in [0.2, 0.25) is 5.91 Å². The van der Waals surface area contributed by atoms with E-state index in [9.17, 15) is 9.18 Å². The van der Waals surface area contributed by atoms with Gasteiger partial charge in [0.05, 0.1) is 17.6 Å². The van der Waals surface area contributed by atoms with Crippen molar-refractivity contribution in [2.24, 2.45) is 12.2 Å². The van der Waals surface area contributed by atoms with Crippen molar-refractivity contribution >= 4 is 35.1 Å². The molecule has 0 aliphatic heterocycles. The second-order valence-electron chi connectivity index (χ2n) is 5.70. The van der Waals surface area contributed by atoms with Gasteiger partial charge >= 0.3 is 0 Å². The van der Waals surface area contributed by atoms with Gasteiger partial charge in [-0.15, -0.1) is 0 Å². The topological polar surface area (TPSA) is 72.9 Å². The molecule has 0 saturated heterocycles. The lowest BCUT2D eigenvalue weighted by atomic mass is 10.1. The van der Waals surface area contributed by atoms with Crippen molar-refractivity contribution < 1.29 is 9.18 Å². The Bertz CT molecular complexity index is 960. The number of nitrogens with zero attached hydrogens (tertiary/aromatic N) is 2. The van der Waals surface area contributed by atoms with Gasteiger partial charge in [0, 0.05) is 29.4 Å². The Morgan fingerprint density at radius 2 is 2.15 bits per heavy atom. The maximum absolute atomic E-state index is 13.5. The Morgan fingerprint density at radius 3 is 2.85 bits per heavy atom. The molecule has 0 bridgehead atoms. The van der Waals surface area contributed by atoms with Crippen molar-refractivity contribution in [2.45, 2.75) is 11.3 Å². The second kappa shape index (κ2) is 7.90. The first-order chi connectivity index (χ1) is 12.5. The highest BCUT2D eigenvalue weighted by atomic mass is 35.5. The van der Waals surface area contributed by atoms with Gasteiger partial charge in [-0.3, -0.25) is 14.6 Å². The van der Waals surface area contributed by atoms with Crippen molar-refractivity contribution in [3.8, 4) is 11.1 Å². The van der Waals surface area contributed by atoms with Gasteiger partial charge in [-0.1, -0.05) is 23.7 Å². The highest BCUT2D eigenvalue weighted by Crippen LogP contribution is 2.28. The van der Waals surface area contributed by atoms with E-state index in [2.05, 4.69) is 10.4 Å². The Labute approximate surface area is 159 Å². The minimum Gasteiger partial charge on any atom is -0.326 e. The fourth-order valence-electron chi connectivity index (χ4n) is 2.54. The van der Waals surface area contributed by atoms with Crippen LogP contribution in [0.15, 0.2) is 53.7 Å². The molecule has 0 radical (unpaired) electrons. The van der Waals surface area contributed by atoms with Crippen molar-refractivity contribution in [1.82, 2.24) is 9.78 Å². The van der Waals surface area contributed by atoms with Crippen molar-refractivity contribution in [2.75, 3.05) is 5.32 Å². The molecule has 0 fully saturated rings. The van der Waals surface area contributed by atoms with E-state index in [1.165, 1.54) is 12.1 Å². The molecule has 0 spiro atoms. The zero-order valence-electron chi connectivity index (χ0n) is 13.9. The van der Waals surface area contributed by atoms with Crippen molar-refractivity contribution in [3.05, 3.63) is 65.2 Å². The summed E-state index contributed by atoms with van der Waals surface area (Å²) >= 11 is 7.00. The highest BCUT2D eigenvalue weighted by Gasteiger charge is 2.12. The van der Waals surface area contributed by atoms with E-state index in [1.54, 1.807) is 23.0 Å². The van der Waals surface area contributed by atoms with Crippen LogP contribution in [0, 0.1) is 5.82 Å². The lowest BCUT2D eigenvalue weighted by Crippen LogP contribution is -2.15. The molecule has 1 aromatic heterocycles. The average molecular weight is 391 g/mol. The summed E-state index contributed by atoms with van der Waals surface area (Å²) in [4.78, 5) is 13.1. The molecule has 2 aromatic carbocycles. The molecule has 0 aliphatic carbocycles. The molecule has 134 valence electrons. The predicted octanol–water partition coefficient (Wildman–Crippen LogP) is 4.03. The summed E-state index contributed by atoms with van der Waals surface area (Å²) in [6, 6.07) is 9.93. The van der Waals surface area contributed by atoms with Gasteiger partial charge in [-0.25, -0.2) is 4.39 Å². The number of carbonyl (C=O) groups is 1. The van der Waals surface area contributed by atoms with Crippen LogP contribution in [0.3, 0.4) is 0 Å². The van der Waals surface area contributed by atoms with Crippen molar-refractivity contribution in [1.29, 1.82) is 0 Å². The van der Waals surface area contributed by atoms with Crippen LogP contribution in [0.2, 0.25) is 5.02 Å². The quantitative estimate of drug-likeness (QED) is 0.645. The van der Waals surface area contributed by atoms with E-state index in [0.29, 0.717) is 11.3 Å². The number of benzene rings is 2. The van der Waals surface area contributed by atoms with E-state index in [-0.39, 0.29) is 17.4 Å². The number of rotatable bonds is 5. The molecular weight excluding hydrogens is 375 g/mol. The summed E-state index contributed by atoms with van der Waals surface area (Å²) in [5.41, 5.74) is 2.82. The fraction of sp³-hybridized carbons (Fsp3) is 0.111. The third kappa shape index (κ3) is 4.24. The van der Waals surface area contributed by atoms with Gasteiger partial charge < -0.3 is 5.32 Å². The van der Waals surface area contributed by atoms with E-state index < -0.39 is 5.82 Å². The molecule has 3 N–H and O–H groups in total. The number of aryl methyl sites for hydroxylation is 1. The Morgan fingerprint density at radius 1 is 1.35 bits per heavy atom. The summed E-state index contributed by atoms with van der Waals surface area (Å²) < 4.78 is 15.2. The van der Waals surface area contributed by atoms with Crippen LogP contribution in [0.4, 0.5) is 10.1 Å². The lowest BCUT2D eigenvalue weighted by Gasteiger charge is -2.10. The molecule has 0 aliphatic rings. The number of hydrogen-bond donors (Lipinski definition) is 2. The molecule has 1 amide bonds. The van der Waals surface area contributed by atoms with Crippen molar-refractivity contribution in [3.63, 3.8) is 0 Å². The fourth-order valence-corrected chi connectivity index (χ4v) is 3.12. The smallest absolute Gasteiger partial charge is 0.228 e. The summed E-state index contributed by atoms with van der Waals surface area (Å²) in [7, 11) is 1.83. The summed E-state index contributed by atoms with van der Waals surface area (Å²) in [5, 5.41) is 12.6. The average Bonchev–Trinajstić information content (AvgIpc) is 3.05.